The lowest BCUT2D eigenvalue weighted by Gasteiger charge is -2.34. The number of methoxy groups -OCH3 is 1. The number of nitriles is 1. The second-order valence-corrected chi connectivity index (χ2v) is 5.69. The van der Waals surface area contributed by atoms with Gasteiger partial charge in [-0.25, -0.2) is 0 Å². The average molecular weight is 271 g/mol. The number of piperazine rings is 1. The van der Waals surface area contributed by atoms with Gasteiger partial charge in [-0.3, -0.25) is 9.80 Å². The van der Waals surface area contributed by atoms with Crippen molar-refractivity contribution in [2.24, 2.45) is 0 Å². The summed E-state index contributed by atoms with van der Waals surface area (Å²) in [6.07, 6.45) is 2.79. The molecule has 2 fully saturated rings. The minimum Gasteiger partial charge on any atom is -0.495 e. The van der Waals surface area contributed by atoms with Crippen molar-refractivity contribution in [1.29, 1.82) is 5.26 Å². The molecule has 1 aromatic carbocycles. The topological polar surface area (TPSA) is 39.5 Å². The quantitative estimate of drug-likeness (QED) is 0.838. The first-order valence-corrected chi connectivity index (χ1v) is 7.33. The Morgan fingerprint density at radius 3 is 2.60 bits per heavy atom. The van der Waals surface area contributed by atoms with Crippen LogP contribution in [-0.2, 0) is 6.54 Å². The van der Waals surface area contributed by atoms with E-state index in [4.69, 9.17) is 10.00 Å². The number of hydrogen-bond donors (Lipinski definition) is 0. The molecule has 106 valence electrons. The second-order valence-electron chi connectivity index (χ2n) is 5.69. The summed E-state index contributed by atoms with van der Waals surface area (Å²) in [5.74, 6) is 0.682. The van der Waals surface area contributed by atoms with E-state index in [0.29, 0.717) is 11.3 Å². The smallest absolute Gasteiger partial charge is 0.136 e. The highest BCUT2D eigenvalue weighted by molar-refractivity contribution is 5.45. The van der Waals surface area contributed by atoms with Crippen LogP contribution in [-0.4, -0.2) is 49.1 Å². The molecule has 1 saturated carbocycles. The molecule has 1 heterocycles. The van der Waals surface area contributed by atoms with Gasteiger partial charge < -0.3 is 4.74 Å². The summed E-state index contributed by atoms with van der Waals surface area (Å²) in [6, 6.07) is 8.92. The SMILES string of the molecule is COc1cc(CN2CCN(C3CC3)CC2)ccc1C#N. The molecule has 0 radical (unpaired) electrons. The Morgan fingerprint density at radius 2 is 2.00 bits per heavy atom. The maximum atomic E-state index is 9.00. The summed E-state index contributed by atoms with van der Waals surface area (Å²) in [7, 11) is 1.62. The van der Waals surface area contributed by atoms with Crippen molar-refractivity contribution in [3.63, 3.8) is 0 Å². The standard InChI is InChI=1S/C16H21N3O/c1-20-16-10-13(2-3-14(16)11-17)12-18-6-8-19(9-7-18)15-4-5-15/h2-3,10,15H,4-9,12H2,1H3. The lowest BCUT2D eigenvalue weighted by Crippen LogP contribution is -2.46. The molecule has 0 unspecified atom stereocenters. The zero-order chi connectivity index (χ0) is 13.9. The van der Waals surface area contributed by atoms with E-state index < -0.39 is 0 Å². The fourth-order valence-corrected chi connectivity index (χ4v) is 2.91. The molecule has 1 saturated heterocycles. The normalized spacial score (nSPS) is 20.6. The van der Waals surface area contributed by atoms with Crippen molar-refractivity contribution >= 4 is 0 Å². The first-order chi connectivity index (χ1) is 9.80. The van der Waals surface area contributed by atoms with E-state index in [9.17, 15) is 0 Å². The highest BCUT2D eigenvalue weighted by Crippen LogP contribution is 2.28. The van der Waals surface area contributed by atoms with Crippen LogP contribution < -0.4 is 4.74 Å². The molecule has 0 aromatic heterocycles. The molecular weight excluding hydrogens is 250 g/mol. The first kappa shape index (κ1) is 13.4. The van der Waals surface area contributed by atoms with Gasteiger partial charge in [-0.05, 0) is 30.5 Å². The third-order valence-corrected chi connectivity index (χ3v) is 4.26. The summed E-state index contributed by atoms with van der Waals surface area (Å²) >= 11 is 0. The fourth-order valence-electron chi connectivity index (χ4n) is 2.91. The van der Waals surface area contributed by atoms with Gasteiger partial charge in [-0.1, -0.05) is 6.07 Å². The van der Waals surface area contributed by atoms with Crippen molar-refractivity contribution < 1.29 is 4.74 Å². The van der Waals surface area contributed by atoms with E-state index in [1.807, 2.05) is 18.2 Å². The fraction of sp³-hybridized carbons (Fsp3) is 0.562. The summed E-state index contributed by atoms with van der Waals surface area (Å²) in [6.45, 7) is 5.61. The number of nitrogens with zero attached hydrogens (tertiary/aromatic N) is 3. The summed E-state index contributed by atoms with van der Waals surface area (Å²) in [4.78, 5) is 5.11. The number of rotatable bonds is 4. The highest BCUT2D eigenvalue weighted by atomic mass is 16.5. The zero-order valence-electron chi connectivity index (χ0n) is 12.0. The lowest BCUT2D eigenvalue weighted by molar-refractivity contribution is 0.121. The molecule has 0 spiro atoms. The Balaban J connectivity index is 1.59. The Hall–Kier alpha value is -1.57. The van der Waals surface area contributed by atoms with E-state index in [2.05, 4.69) is 15.9 Å². The molecular formula is C16H21N3O. The summed E-state index contributed by atoms with van der Waals surface area (Å²) in [5, 5.41) is 9.00. The number of benzene rings is 1. The Morgan fingerprint density at radius 1 is 1.25 bits per heavy atom. The van der Waals surface area contributed by atoms with Crippen molar-refractivity contribution in [3.8, 4) is 11.8 Å². The molecule has 0 amide bonds. The van der Waals surface area contributed by atoms with Crippen molar-refractivity contribution in [2.75, 3.05) is 33.3 Å². The largest absolute Gasteiger partial charge is 0.495 e. The third-order valence-electron chi connectivity index (χ3n) is 4.26. The van der Waals surface area contributed by atoms with Crippen molar-refractivity contribution in [1.82, 2.24) is 9.80 Å². The van der Waals surface area contributed by atoms with Crippen LogP contribution in [0.2, 0.25) is 0 Å². The van der Waals surface area contributed by atoms with Gasteiger partial charge >= 0.3 is 0 Å². The van der Waals surface area contributed by atoms with Crippen LogP contribution in [0.15, 0.2) is 18.2 Å². The van der Waals surface area contributed by atoms with Crippen LogP contribution in [0.5, 0.6) is 5.75 Å². The molecule has 1 aliphatic heterocycles. The molecule has 1 aromatic rings. The van der Waals surface area contributed by atoms with E-state index in [1.165, 1.54) is 31.5 Å². The summed E-state index contributed by atoms with van der Waals surface area (Å²) < 4.78 is 5.27. The minimum absolute atomic E-state index is 0.606. The maximum absolute atomic E-state index is 9.00. The molecule has 1 aliphatic carbocycles. The predicted octanol–water partition coefficient (Wildman–Crippen LogP) is 1.85. The van der Waals surface area contributed by atoms with Gasteiger partial charge in [-0.2, -0.15) is 5.26 Å². The van der Waals surface area contributed by atoms with Crippen LogP contribution in [0.3, 0.4) is 0 Å². The predicted molar refractivity (Wildman–Crippen MR) is 77.6 cm³/mol. The first-order valence-electron chi connectivity index (χ1n) is 7.33. The molecule has 2 aliphatic rings. The molecule has 0 bridgehead atoms. The van der Waals surface area contributed by atoms with E-state index >= 15 is 0 Å². The molecule has 3 rings (SSSR count). The van der Waals surface area contributed by atoms with Gasteiger partial charge in [0.25, 0.3) is 0 Å². The Labute approximate surface area is 120 Å². The van der Waals surface area contributed by atoms with Gasteiger partial charge in [0.2, 0.25) is 0 Å². The van der Waals surface area contributed by atoms with Crippen LogP contribution in [0.25, 0.3) is 0 Å². The van der Waals surface area contributed by atoms with Crippen LogP contribution in [0, 0.1) is 11.3 Å². The van der Waals surface area contributed by atoms with Crippen molar-refractivity contribution in [3.05, 3.63) is 29.3 Å². The highest BCUT2D eigenvalue weighted by Gasteiger charge is 2.31. The van der Waals surface area contributed by atoms with Gasteiger partial charge in [0.1, 0.15) is 11.8 Å². The monoisotopic (exact) mass is 271 g/mol. The maximum Gasteiger partial charge on any atom is 0.136 e. The van der Waals surface area contributed by atoms with E-state index in [-0.39, 0.29) is 0 Å². The zero-order valence-corrected chi connectivity index (χ0v) is 12.0. The molecule has 0 atom stereocenters. The minimum atomic E-state index is 0.606. The van der Waals surface area contributed by atoms with Crippen LogP contribution >= 0.6 is 0 Å². The van der Waals surface area contributed by atoms with Crippen LogP contribution in [0.1, 0.15) is 24.0 Å². The van der Waals surface area contributed by atoms with Gasteiger partial charge in [0.15, 0.2) is 0 Å². The van der Waals surface area contributed by atoms with Crippen LogP contribution in [0.4, 0.5) is 0 Å². The summed E-state index contributed by atoms with van der Waals surface area (Å²) in [5.41, 5.74) is 1.83. The average Bonchev–Trinajstić information content (AvgIpc) is 3.32. The third kappa shape index (κ3) is 2.95. The Kier molecular flexibility index (Phi) is 3.90. The van der Waals surface area contributed by atoms with Gasteiger partial charge in [0, 0.05) is 38.8 Å². The second kappa shape index (κ2) is 5.82. The number of ether oxygens (including phenoxy) is 1. The lowest BCUT2D eigenvalue weighted by atomic mass is 10.1. The molecule has 4 nitrogen and oxygen atoms in total. The molecule has 4 heteroatoms. The van der Waals surface area contributed by atoms with E-state index in [0.717, 1.165) is 25.7 Å². The van der Waals surface area contributed by atoms with Crippen molar-refractivity contribution in [2.45, 2.75) is 25.4 Å². The Bertz CT molecular complexity index is 511. The number of hydrogen-bond acceptors (Lipinski definition) is 4. The molecule has 0 N–H and O–H groups in total. The van der Waals surface area contributed by atoms with E-state index in [1.54, 1.807) is 7.11 Å². The van der Waals surface area contributed by atoms with Gasteiger partial charge in [-0.15, -0.1) is 0 Å². The molecule has 20 heavy (non-hydrogen) atoms. The van der Waals surface area contributed by atoms with Gasteiger partial charge in [0.05, 0.1) is 12.7 Å².